The normalized spacial score (nSPS) is 20.0. The van der Waals surface area contributed by atoms with Gasteiger partial charge in [0.05, 0.1) is 13.2 Å². The lowest BCUT2D eigenvalue weighted by atomic mass is 10.3. The summed E-state index contributed by atoms with van der Waals surface area (Å²) in [7, 11) is 1.54. The van der Waals surface area contributed by atoms with Crippen molar-refractivity contribution in [2.45, 2.75) is 17.3 Å². The van der Waals surface area contributed by atoms with E-state index in [1.165, 1.54) is 17.9 Å². The number of ether oxygens (including phenoxy) is 1. The number of hydrogen-bond donors (Lipinski definition) is 2. The number of methoxy groups -OCH3 is 1. The van der Waals surface area contributed by atoms with Crippen LogP contribution in [-0.2, 0) is 11.3 Å². The number of aromatic hydroxyl groups is 1. The zero-order chi connectivity index (χ0) is 15.6. The largest absolute Gasteiger partial charge is 0.494 e. The van der Waals surface area contributed by atoms with Crippen LogP contribution < -0.4 is 5.56 Å². The summed E-state index contributed by atoms with van der Waals surface area (Å²) in [5.74, 6) is -0.152. The lowest BCUT2D eigenvalue weighted by Crippen LogP contribution is -2.20. The van der Waals surface area contributed by atoms with Crippen LogP contribution in [0.25, 0.3) is 0 Å². The minimum absolute atomic E-state index is 0.0510. The second-order valence-corrected chi connectivity index (χ2v) is 6.73. The van der Waals surface area contributed by atoms with E-state index in [-0.39, 0.29) is 22.1 Å². The molecule has 0 spiro atoms. The summed E-state index contributed by atoms with van der Waals surface area (Å²) in [5.41, 5.74) is -0.441. The van der Waals surface area contributed by atoms with Gasteiger partial charge in [-0.1, -0.05) is 0 Å². The zero-order valence-corrected chi connectivity index (χ0v) is 13.6. The lowest BCUT2D eigenvalue weighted by molar-refractivity contribution is 0.182. The maximum absolute atomic E-state index is 11.8. The van der Waals surface area contributed by atoms with Crippen LogP contribution in [0.3, 0.4) is 0 Å². The Labute approximate surface area is 136 Å². The van der Waals surface area contributed by atoms with Gasteiger partial charge in [0.2, 0.25) is 5.88 Å². The second kappa shape index (κ2) is 6.48. The molecule has 116 valence electrons. The van der Waals surface area contributed by atoms with Crippen molar-refractivity contribution < 1.29 is 9.84 Å². The van der Waals surface area contributed by atoms with Gasteiger partial charge in [0.25, 0.3) is 5.56 Å². The molecule has 1 saturated carbocycles. The minimum atomic E-state index is -0.714. The van der Waals surface area contributed by atoms with Gasteiger partial charge in [0.1, 0.15) is 9.90 Å². The van der Waals surface area contributed by atoms with Crippen molar-refractivity contribution in [3.05, 3.63) is 20.7 Å². The van der Waals surface area contributed by atoms with Crippen molar-refractivity contribution >= 4 is 41.6 Å². The first-order valence-electron chi connectivity index (χ1n) is 6.29. The van der Waals surface area contributed by atoms with Gasteiger partial charge in [-0.2, -0.15) is 0 Å². The summed E-state index contributed by atoms with van der Waals surface area (Å²) in [6.45, 7) is 1.08. The van der Waals surface area contributed by atoms with Crippen molar-refractivity contribution in [3.63, 3.8) is 0 Å². The molecule has 0 unspecified atom stereocenters. The Morgan fingerprint density at radius 3 is 2.90 bits per heavy atom. The zero-order valence-electron chi connectivity index (χ0n) is 11.3. The molecular formula is C12H15Cl2N3O3S. The molecule has 1 atom stereocenters. The Hall–Kier alpha value is -0.890. The Kier molecular flexibility index (Phi) is 5.08. The summed E-state index contributed by atoms with van der Waals surface area (Å²) in [6, 6.07) is 0. The number of hydrogen-bond acceptors (Lipinski definition) is 5. The topological polar surface area (TPSA) is 79.6 Å². The predicted octanol–water partition coefficient (Wildman–Crippen LogP) is 1.87. The fourth-order valence-electron chi connectivity index (χ4n) is 1.82. The number of aliphatic imine (C=N–C) groups is 1. The molecule has 0 radical (unpaired) electrons. The molecule has 0 aliphatic heterocycles. The van der Waals surface area contributed by atoms with Gasteiger partial charge >= 0.3 is 0 Å². The van der Waals surface area contributed by atoms with E-state index in [1.807, 2.05) is 0 Å². The molecule has 6 nitrogen and oxygen atoms in total. The molecule has 0 aromatic carbocycles. The van der Waals surface area contributed by atoms with Crippen molar-refractivity contribution in [3.8, 4) is 5.88 Å². The minimum Gasteiger partial charge on any atom is -0.494 e. The average Bonchev–Trinajstić information content (AvgIpc) is 3.00. The van der Waals surface area contributed by atoms with Gasteiger partial charge in [-0.3, -0.25) is 19.3 Å². The second-order valence-electron chi connectivity index (χ2n) is 4.80. The number of nitrogens with zero attached hydrogens (tertiary/aromatic N) is 2. The highest BCUT2D eigenvalue weighted by Crippen LogP contribution is 2.53. The van der Waals surface area contributed by atoms with Gasteiger partial charge < -0.3 is 9.84 Å². The first-order chi connectivity index (χ1) is 9.86. The number of H-pyrrole nitrogens is 1. The molecule has 1 heterocycles. The smallest absolute Gasteiger partial charge is 0.264 e. The highest BCUT2D eigenvalue weighted by atomic mass is 35.5. The average molecular weight is 352 g/mol. The first kappa shape index (κ1) is 16.5. The monoisotopic (exact) mass is 351 g/mol. The quantitative estimate of drug-likeness (QED) is 0.465. The summed E-state index contributed by atoms with van der Waals surface area (Å²) in [5, 5.41) is 10.1. The van der Waals surface area contributed by atoms with Crippen molar-refractivity contribution in [2.24, 2.45) is 10.9 Å². The molecule has 1 aromatic rings. The molecule has 2 N–H and O–H groups in total. The highest BCUT2D eigenvalue weighted by Gasteiger charge is 2.51. The van der Waals surface area contributed by atoms with Crippen LogP contribution in [0.4, 0.5) is 0 Å². The third kappa shape index (κ3) is 3.85. The Balaban J connectivity index is 2.20. The van der Waals surface area contributed by atoms with Crippen molar-refractivity contribution in [2.75, 3.05) is 20.3 Å². The van der Waals surface area contributed by atoms with Gasteiger partial charge in [-0.25, -0.2) is 0 Å². The van der Waals surface area contributed by atoms with Crippen molar-refractivity contribution in [1.82, 2.24) is 9.55 Å². The summed E-state index contributed by atoms with van der Waals surface area (Å²) in [6.07, 6.45) is 1.99. The van der Waals surface area contributed by atoms with E-state index in [9.17, 15) is 9.90 Å². The molecule has 1 aliphatic rings. The first-order valence-corrected chi connectivity index (χ1v) is 7.46. The molecule has 0 saturated heterocycles. The summed E-state index contributed by atoms with van der Waals surface area (Å²) < 4.78 is 5.74. The van der Waals surface area contributed by atoms with Crippen LogP contribution in [0.1, 0.15) is 12.0 Å². The Bertz CT molecular complexity index is 669. The van der Waals surface area contributed by atoms with E-state index >= 15 is 0 Å². The molecule has 9 heteroatoms. The SMILES string of the molecule is COCCn1c(O)c(C=NC[C@H]2CC2(Cl)Cl)c(=O)[nH]c1=S. The van der Waals surface area contributed by atoms with E-state index in [0.717, 1.165) is 0 Å². The fourth-order valence-corrected chi connectivity index (χ4v) is 2.60. The van der Waals surface area contributed by atoms with Crippen LogP contribution in [0.2, 0.25) is 0 Å². The fraction of sp³-hybridized carbons (Fsp3) is 0.583. The predicted molar refractivity (Wildman–Crippen MR) is 84.4 cm³/mol. The Morgan fingerprint density at radius 1 is 1.67 bits per heavy atom. The molecule has 0 amide bonds. The van der Waals surface area contributed by atoms with Crippen LogP contribution >= 0.6 is 35.4 Å². The molecule has 1 aliphatic carbocycles. The van der Waals surface area contributed by atoms with Gasteiger partial charge in [-0.05, 0) is 18.6 Å². The van der Waals surface area contributed by atoms with E-state index in [4.69, 9.17) is 40.2 Å². The van der Waals surface area contributed by atoms with Gasteiger partial charge in [0.15, 0.2) is 4.77 Å². The van der Waals surface area contributed by atoms with E-state index in [0.29, 0.717) is 26.1 Å². The molecule has 2 rings (SSSR count). The standard InChI is InChI=1S/C12H15Cl2N3O3S/c1-20-3-2-17-10(19)8(9(18)16-11(17)21)6-15-5-7-4-12(7,13)14/h6-7,19H,2-5H2,1H3,(H,16,18,21)/t7-/m1/s1. The molecule has 1 fully saturated rings. The number of aromatic amines is 1. The molecule has 21 heavy (non-hydrogen) atoms. The number of alkyl halides is 2. The van der Waals surface area contributed by atoms with Crippen LogP contribution in [-0.4, -0.2) is 45.5 Å². The van der Waals surface area contributed by atoms with Crippen LogP contribution in [0.15, 0.2) is 9.79 Å². The van der Waals surface area contributed by atoms with E-state index in [2.05, 4.69) is 9.98 Å². The summed E-state index contributed by atoms with van der Waals surface area (Å²) in [4.78, 5) is 18.4. The third-order valence-electron chi connectivity index (χ3n) is 3.23. The number of aromatic nitrogens is 2. The maximum atomic E-state index is 11.8. The molecular weight excluding hydrogens is 337 g/mol. The lowest BCUT2D eigenvalue weighted by Gasteiger charge is -2.10. The molecule has 0 bridgehead atoms. The van der Waals surface area contributed by atoms with Gasteiger partial charge in [0, 0.05) is 25.8 Å². The van der Waals surface area contributed by atoms with E-state index in [1.54, 1.807) is 0 Å². The highest BCUT2D eigenvalue weighted by molar-refractivity contribution is 7.71. The Morgan fingerprint density at radius 2 is 2.33 bits per heavy atom. The van der Waals surface area contributed by atoms with Crippen LogP contribution in [0, 0.1) is 10.7 Å². The van der Waals surface area contributed by atoms with Crippen LogP contribution in [0.5, 0.6) is 5.88 Å². The molecule has 1 aromatic heterocycles. The van der Waals surface area contributed by atoms with Crippen molar-refractivity contribution in [1.29, 1.82) is 0 Å². The number of nitrogens with one attached hydrogen (secondary N) is 1. The van der Waals surface area contributed by atoms with Gasteiger partial charge in [-0.15, -0.1) is 23.2 Å². The number of rotatable bonds is 6. The maximum Gasteiger partial charge on any atom is 0.264 e. The summed E-state index contributed by atoms with van der Waals surface area (Å²) >= 11 is 16.8. The third-order valence-corrected chi connectivity index (χ3v) is 4.48. The number of halogens is 2. The van der Waals surface area contributed by atoms with E-state index < -0.39 is 9.89 Å².